The van der Waals surface area contributed by atoms with Gasteiger partial charge in [0.2, 0.25) is 0 Å². The van der Waals surface area contributed by atoms with Gasteiger partial charge in [-0.1, -0.05) is 36.4 Å². The molecule has 1 saturated heterocycles. The number of nitrogens with one attached hydrogen (secondary N) is 1. The zero-order chi connectivity index (χ0) is 15.2. The van der Waals surface area contributed by atoms with Gasteiger partial charge in [0, 0.05) is 0 Å². The Morgan fingerprint density at radius 1 is 1.09 bits per heavy atom. The van der Waals surface area contributed by atoms with Crippen LogP contribution in [-0.4, -0.2) is 19.7 Å². The van der Waals surface area contributed by atoms with Crippen LogP contribution >= 0.6 is 15.9 Å². The number of piperidine rings is 1. The van der Waals surface area contributed by atoms with E-state index < -0.39 is 0 Å². The first-order chi connectivity index (χ1) is 10.8. The van der Waals surface area contributed by atoms with Gasteiger partial charge in [-0.25, -0.2) is 0 Å². The maximum Gasteiger partial charge on any atom is 0.133 e. The molecule has 0 aromatic heterocycles. The lowest BCUT2D eigenvalue weighted by atomic mass is 9.97. The van der Waals surface area contributed by atoms with E-state index in [-0.39, 0.29) is 0 Å². The van der Waals surface area contributed by atoms with Gasteiger partial charge in [0.25, 0.3) is 0 Å². The molecule has 116 valence electrons. The number of hydrogen-bond acceptors (Lipinski definition) is 2. The SMILES string of the molecule is Brc1cc(-c2ccccc2)ccc1OCCC1CCCNC1. The first-order valence-electron chi connectivity index (χ1n) is 8.01. The van der Waals surface area contributed by atoms with Crippen LogP contribution in [-0.2, 0) is 0 Å². The second-order valence-corrected chi connectivity index (χ2v) is 6.72. The predicted molar refractivity (Wildman–Crippen MR) is 95.3 cm³/mol. The van der Waals surface area contributed by atoms with Gasteiger partial charge in [-0.2, -0.15) is 0 Å². The van der Waals surface area contributed by atoms with E-state index >= 15 is 0 Å². The minimum absolute atomic E-state index is 0.760. The Morgan fingerprint density at radius 2 is 1.95 bits per heavy atom. The zero-order valence-electron chi connectivity index (χ0n) is 12.7. The summed E-state index contributed by atoms with van der Waals surface area (Å²) in [6, 6.07) is 16.7. The summed E-state index contributed by atoms with van der Waals surface area (Å²) in [7, 11) is 0. The third-order valence-corrected chi connectivity index (χ3v) is 4.84. The van der Waals surface area contributed by atoms with Crippen LogP contribution in [0.4, 0.5) is 0 Å². The molecule has 2 aromatic carbocycles. The number of hydrogen-bond donors (Lipinski definition) is 1. The van der Waals surface area contributed by atoms with E-state index in [0.717, 1.165) is 35.7 Å². The van der Waals surface area contributed by atoms with Crippen LogP contribution in [0.15, 0.2) is 53.0 Å². The molecule has 0 spiro atoms. The van der Waals surface area contributed by atoms with Crippen molar-refractivity contribution in [3.63, 3.8) is 0 Å². The van der Waals surface area contributed by atoms with E-state index in [0.29, 0.717) is 0 Å². The van der Waals surface area contributed by atoms with Crippen molar-refractivity contribution in [2.45, 2.75) is 19.3 Å². The maximum atomic E-state index is 5.96. The van der Waals surface area contributed by atoms with Crippen LogP contribution in [0, 0.1) is 5.92 Å². The van der Waals surface area contributed by atoms with Crippen molar-refractivity contribution >= 4 is 15.9 Å². The lowest BCUT2D eigenvalue weighted by Crippen LogP contribution is -2.30. The fourth-order valence-electron chi connectivity index (χ4n) is 2.93. The quantitative estimate of drug-likeness (QED) is 0.820. The second kappa shape index (κ2) is 7.80. The highest BCUT2D eigenvalue weighted by Crippen LogP contribution is 2.31. The zero-order valence-corrected chi connectivity index (χ0v) is 14.3. The topological polar surface area (TPSA) is 21.3 Å². The smallest absolute Gasteiger partial charge is 0.133 e. The molecule has 1 N–H and O–H groups in total. The van der Waals surface area contributed by atoms with Gasteiger partial charge in [0.15, 0.2) is 0 Å². The molecule has 0 bridgehead atoms. The van der Waals surface area contributed by atoms with E-state index in [4.69, 9.17) is 4.74 Å². The Hall–Kier alpha value is -1.32. The Balaban J connectivity index is 1.58. The molecule has 1 fully saturated rings. The van der Waals surface area contributed by atoms with E-state index in [2.05, 4.69) is 63.7 Å². The summed E-state index contributed by atoms with van der Waals surface area (Å²) >= 11 is 3.63. The summed E-state index contributed by atoms with van der Waals surface area (Å²) < 4.78 is 6.98. The molecular weight excluding hydrogens is 338 g/mol. The molecule has 0 aliphatic carbocycles. The van der Waals surface area contributed by atoms with Crippen LogP contribution in [0.25, 0.3) is 11.1 Å². The fraction of sp³-hybridized carbons (Fsp3) is 0.368. The first-order valence-corrected chi connectivity index (χ1v) is 8.81. The molecule has 2 aromatic rings. The Kier molecular flexibility index (Phi) is 5.52. The summed E-state index contributed by atoms with van der Waals surface area (Å²) in [4.78, 5) is 0. The average Bonchev–Trinajstić information content (AvgIpc) is 2.58. The number of rotatable bonds is 5. The van der Waals surface area contributed by atoms with Gasteiger partial charge in [-0.3, -0.25) is 0 Å². The third-order valence-electron chi connectivity index (χ3n) is 4.22. The molecule has 1 aliphatic rings. The van der Waals surface area contributed by atoms with Crippen molar-refractivity contribution in [3.8, 4) is 16.9 Å². The molecule has 22 heavy (non-hydrogen) atoms. The molecule has 1 unspecified atom stereocenters. The molecule has 1 atom stereocenters. The summed E-state index contributed by atoms with van der Waals surface area (Å²) in [6.45, 7) is 3.09. The van der Waals surface area contributed by atoms with Crippen LogP contribution in [0.2, 0.25) is 0 Å². The second-order valence-electron chi connectivity index (χ2n) is 5.86. The van der Waals surface area contributed by atoms with Crippen LogP contribution < -0.4 is 10.1 Å². The van der Waals surface area contributed by atoms with E-state index in [1.807, 2.05) is 6.07 Å². The van der Waals surface area contributed by atoms with Crippen LogP contribution in [0.3, 0.4) is 0 Å². The summed E-state index contributed by atoms with van der Waals surface area (Å²) in [5.74, 6) is 1.69. The van der Waals surface area contributed by atoms with Crippen molar-refractivity contribution < 1.29 is 4.74 Å². The fourth-order valence-corrected chi connectivity index (χ4v) is 3.43. The summed E-state index contributed by atoms with van der Waals surface area (Å²) in [5, 5.41) is 3.46. The number of ether oxygens (including phenoxy) is 1. The van der Waals surface area contributed by atoms with E-state index in [1.54, 1.807) is 0 Å². The minimum Gasteiger partial charge on any atom is -0.492 e. The van der Waals surface area contributed by atoms with Gasteiger partial charge in [-0.15, -0.1) is 0 Å². The van der Waals surface area contributed by atoms with E-state index in [1.165, 1.54) is 30.5 Å². The molecule has 3 rings (SSSR count). The number of halogens is 1. The Morgan fingerprint density at radius 3 is 2.68 bits per heavy atom. The van der Waals surface area contributed by atoms with Crippen molar-refractivity contribution in [2.75, 3.05) is 19.7 Å². The molecule has 0 amide bonds. The molecule has 0 radical (unpaired) electrons. The Labute approximate surface area is 141 Å². The van der Waals surface area contributed by atoms with Crippen molar-refractivity contribution in [2.24, 2.45) is 5.92 Å². The van der Waals surface area contributed by atoms with Gasteiger partial charge in [0.1, 0.15) is 5.75 Å². The molecule has 2 nitrogen and oxygen atoms in total. The van der Waals surface area contributed by atoms with Crippen LogP contribution in [0.1, 0.15) is 19.3 Å². The van der Waals surface area contributed by atoms with Crippen molar-refractivity contribution in [3.05, 3.63) is 53.0 Å². The minimum atomic E-state index is 0.760. The van der Waals surface area contributed by atoms with Gasteiger partial charge >= 0.3 is 0 Å². The lowest BCUT2D eigenvalue weighted by Gasteiger charge is -2.22. The highest BCUT2D eigenvalue weighted by molar-refractivity contribution is 9.10. The summed E-state index contributed by atoms with van der Waals surface area (Å²) in [6.07, 6.45) is 3.74. The molecular formula is C19H22BrNO. The highest BCUT2D eigenvalue weighted by Gasteiger charge is 2.13. The molecule has 0 saturated carbocycles. The van der Waals surface area contributed by atoms with E-state index in [9.17, 15) is 0 Å². The monoisotopic (exact) mass is 359 g/mol. The van der Waals surface area contributed by atoms with Crippen molar-refractivity contribution in [1.82, 2.24) is 5.32 Å². The van der Waals surface area contributed by atoms with Crippen LogP contribution in [0.5, 0.6) is 5.75 Å². The predicted octanol–water partition coefficient (Wildman–Crippen LogP) is 4.88. The molecule has 1 heterocycles. The molecule has 1 aliphatic heterocycles. The third kappa shape index (κ3) is 4.11. The van der Waals surface area contributed by atoms with Crippen molar-refractivity contribution in [1.29, 1.82) is 0 Å². The van der Waals surface area contributed by atoms with Gasteiger partial charge < -0.3 is 10.1 Å². The average molecular weight is 360 g/mol. The first kappa shape index (κ1) is 15.6. The highest BCUT2D eigenvalue weighted by atomic mass is 79.9. The lowest BCUT2D eigenvalue weighted by molar-refractivity contribution is 0.253. The van der Waals surface area contributed by atoms with Gasteiger partial charge in [0.05, 0.1) is 11.1 Å². The number of benzene rings is 2. The Bertz CT molecular complexity index is 594. The largest absolute Gasteiger partial charge is 0.492 e. The standard InChI is InChI=1S/C19H22BrNO/c20-18-13-17(16-6-2-1-3-7-16)8-9-19(18)22-12-10-15-5-4-11-21-14-15/h1-3,6-9,13,15,21H,4-5,10-12,14H2. The molecule has 3 heteroatoms. The normalized spacial score (nSPS) is 18.1. The van der Waals surface area contributed by atoms with Gasteiger partial charge in [-0.05, 0) is 77.5 Å². The maximum absolute atomic E-state index is 5.96. The summed E-state index contributed by atoms with van der Waals surface area (Å²) in [5.41, 5.74) is 2.43.